The van der Waals surface area contributed by atoms with Gasteiger partial charge in [0.25, 0.3) is 11.6 Å². The first-order valence-corrected chi connectivity index (χ1v) is 7.61. The Kier molecular flexibility index (Phi) is 5.05. The van der Waals surface area contributed by atoms with Crippen molar-refractivity contribution < 1.29 is 9.72 Å². The summed E-state index contributed by atoms with van der Waals surface area (Å²) < 4.78 is 0. The molecule has 110 valence electrons. The molecule has 1 amide bonds. The number of nitro groups is 1. The fourth-order valence-electron chi connectivity index (χ4n) is 2.03. The van der Waals surface area contributed by atoms with E-state index >= 15 is 0 Å². The van der Waals surface area contributed by atoms with Gasteiger partial charge >= 0.3 is 0 Å². The standard InChI is InChI=1S/C15H16N2O3S/c1-2-8-16(10-12-7-9-21-11-12)15(18)13-3-5-14(6-4-13)17(19)20/h3-7,9,11H,2,8,10H2,1H3. The molecule has 0 N–H and O–H groups in total. The van der Waals surface area contributed by atoms with Crippen LogP contribution in [-0.2, 0) is 6.54 Å². The summed E-state index contributed by atoms with van der Waals surface area (Å²) in [6.45, 7) is 3.24. The van der Waals surface area contributed by atoms with Crippen molar-refractivity contribution in [2.45, 2.75) is 19.9 Å². The third kappa shape index (κ3) is 3.88. The zero-order valence-electron chi connectivity index (χ0n) is 11.7. The van der Waals surface area contributed by atoms with Gasteiger partial charge in [-0.25, -0.2) is 0 Å². The average molecular weight is 304 g/mol. The summed E-state index contributed by atoms with van der Waals surface area (Å²) in [5.74, 6) is -0.0991. The van der Waals surface area contributed by atoms with Gasteiger partial charge in [-0.15, -0.1) is 0 Å². The second-order valence-electron chi connectivity index (χ2n) is 4.66. The zero-order valence-corrected chi connectivity index (χ0v) is 12.5. The van der Waals surface area contributed by atoms with Crippen molar-refractivity contribution in [2.75, 3.05) is 6.54 Å². The highest BCUT2D eigenvalue weighted by atomic mass is 32.1. The van der Waals surface area contributed by atoms with Crippen LogP contribution in [0, 0.1) is 10.1 Å². The van der Waals surface area contributed by atoms with Gasteiger partial charge in [0.05, 0.1) is 4.92 Å². The van der Waals surface area contributed by atoms with E-state index in [0.717, 1.165) is 12.0 Å². The molecule has 0 bridgehead atoms. The van der Waals surface area contributed by atoms with Crippen LogP contribution in [0.1, 0.15) is 29.3 Å². The number of amides is 1. The summed E-state index contributed by atoms with van der Waals surface area (Å²) in [5.41, 5.74) is 1.57. The van der Waals surface area contributed by atoms with E-state index in [1.807, 2.05) is 23.8 Å². The number of non-ortho nitro benzene ring substituents is 1. The number of benzene rings is 1. The first-order valence-electron chi connectivity index (χ1n) is 6.66. The Bertz CT molecular complexity index is 608. The van der Waals surface area contributed by atoms with Gasteiger partial charge in [0.1, 0.15) is 0 Å². The van der Waals surface area contributed by atoms with Crippen molar-refractivity contribution >= 4 is 22.9 Å². The Morgan fingerprint density at radius 2 is 2.00 bits per heavy atom. The second-order valence-corrected chi connectivity index (χ2v) is 5.44. The number of hydrogen-bond acceptors (Lipinski definition) is 4. The normalized spacial score (nSPS) is 10.3. The van der Waals surface area contributed by atoms with Gasteiger partial charge in [-0.3, -0.25) is 14.9 Å². The van der Waals surface area contributed by atoms with Crippen molar-refractivity contribution in [1.82, 2.24) is 4.90 Å². The molecule has 1 heterocycles. The molecule has 0 saturated heterocycles. The molecule has 2 aromatic rings. The first-order chi connectivity index (χ1) is 10.1. The second kappa shape index (κ2) is 6.99. The van der Waals surface area contributed by atoms with E-state index in [1.165, 1.54) is 24.3 Å². The summed E-state index contributed by atoms with van der Waals surface area (Å²) in [6.07, 6.45) is 0.864. The Morgan fingerprint density at radius 1 is 1.29 bits per heavy atom. The van der Waals surface area contributed by atoms with E-state index in [0.29, 0.717) is 18.7 Å². The maximum Gasteiger partial charge on any atom is 0.269 e. The van der Waals surface area contributed by atoms with Crippen LogP contribution in [0.3, 0.4) is 0 Å². The van der Waals surface area contributed by atoms with E-state index in [2.05, 4.69) is 0 Å². The van der Waals surface area contributed by atoms with Crippen molar-refractivity contribution in [3.63, 3.8) is 0 Å². The van der Waals surface area contributed by atoms with Crippen molar-refractivity contribution in [2.24, 2.45) is 0 Å². The summed E-state index contributed by atoms with van der Waals surface area (Å²) >= 11 is 1.60. The third-order valence-electron chi connectivity index (χ3n) is 3.06. The molecular weight excluding hydrogens is 288 g/mol. The third-order valence-corrected chi connectivity index (χ3v) is 3.79. The number of rotatable bonds is 6. The highest BCUT2D eigenvalue weighted by molar-refractivity contribution is 7.07. The van der Waals surface area contributed by atoms with Gasteiger partial charge in [-0.2, -0.15) is 11.3 Å². The lowest BCUT2D eigenvalue weighted by Crippen LogP contribution is -2.31. The molecule has 1 aromatic heterocycles. The SMILES string of the molecule is CCCN(Cc1ccsc1)C(=O)c1ccc([N+](=O)[O-])cc1. The molecule has 21 heavy (non-hydrogen) atoms. The van der Waals surface area contributed by atoms with E-state index in [1.54, 1.807) is 16.2 Å². The lowest BCUT2D eigenvalue weighted by molar-refractivity contribution is -0.384. The topological polar surface area (TPSA) is 63.5 Å². The van der Waals surface area contributed by atoms with Crippen LogP contribution in [0.25, 0.3) is 0 Å². The smallest absolute Gasteiger partial charge is 0.269 e. The van der Waals surface area contributed by atoms with E-state index in [-0.39, 0.29) is 11.6 Å². The van der Waals surface area contributed by atoms with Crippen molar-refractivity contribution in [1.29, 1.82) is 0 Å². The maximum atomic E-state index is 12.5. The van der Waals surface area contributed by atoms with Crippen LogP contribution in [0.15, 0.2) is 41.1 Å². The Labute approximate surface area is 127 Å². The largest absolute Gasteiger partial charge is 0.334 e. The number of nitrogens with zero attached hydrogens (tertiary/aromatic N) is 2. The van der Waals surface area contributed by atoms with Crippen LogP contribution in [0.4, 0.5) is 5.69 Å². The van der Waals surface area contributed by atoms with E-state index < -0.39 is 4.92 Å². The van der Waals surface area contributed by atoms with Gasteiger partial charge in [-0.1, -0.05) is 6.92 Å². The molecule has 0 radical (unpaired) electrons. The van der Waals surface area contributed by atoms with Crippen LogP contribution >= 0.6 is 11.3 Å². The van der Waals surface area contributed by atoms with Gasteiger partial charge < -0.3 is 4.90 Å². The molecule has 5 nitrogen and oxygen atoms in total. The molecule has 0 saturated carbocycles. The van der Waals surface area contributed by atoms with E-state index in [9.17, 15) is 14.9 Å². The van der Waals surface area contributed by atoms with Crippen molar-refractivity contribution in [3.8, 4) is 0 Å². The number of carbonyl (C=O) groups is 1. The van der Waals surface area contributed by atoms with Gasteiger partial charge in [0.2, 0.25) is 0 Å². The van der Waals surface area contributed by atoms with Gasteiger partial charge in [-0.05, 0) is 40.9 Å². The van der Waals surface area contributed by atoms with Crippen LogP contribution in [-0.4, -0.2) is 22.3 Å². The lowest BCUT2D eigenvalue weighted by Gasteiger charge is -2.21. The summed E-state index contributed by atoms with van der Waals surface area (Å²) in [5, 5.41) is 14.6. The minimum atomic E-state index is -0.469. The number of nitro benzene ring substituents is 1. The molecule has 0 fully saturated rings. The Balaban J connectivity index is 2.15. The van der Waals surface area contributed by atoms with Gasteiger partial charge in [0, 0.05) is 30.8 Å². The summed E-state index contributed by atoms with van der Waals surface area (Å²) in [4.78, 5) is 24.4. The molecule has 2 rings (SSSR count). The molecule has 6 heteroatoms. The molecule has 1 aromatic carbocycles. The molecule has 0 aliphatic rings. The maximum absolute atomic E-state index is 12.5. The molecule has 0 aliphatic carbocycles. The summed E-state index contributed by atoms with van der Waals surface area (Å²) in [7, 11) is 0. The van der Waals surface area contributed by atoms with E-state index in [4.69, 9.17) is 0 Å². The van der Waals surface area contributed by atoms with Crippen LogP contribution < -0.4 is 0 Å². The first kappa shape index (κ1) is 15.2. The average Bonchev–Trinajstić information content (AvgIpc) is 2.99. The fraction of sp³-hybridized carbons (Fsp3) is 0.267. The van der Waals surface area contributed by atoms with Crippen LogP contribution in [0.2, 0.25) is 0 Å². The Morgan fingerprint density at radius 3 is 2.52 bits per heavy atom. The number of hydrogen-bond donors (Lipinski definition) is 0. The van der Waals surface area contributed by atoms with Crippen molar-refractivity contribution in [3.05, 3.63) is 62.3 Å². The predicted octanol–water partition coefficient (Wildman–Crippen LogP) is 3.71. The highest BCUT2D eigenvalue weighted by Gasteiger charge is 2.16. The fourth-order valence-corrected chi connectivity index (χ4v) is 2.69. The minimum Gasteiger partial charge on any atom is -0.334 e. The zero-order chi connectivity index (χ0) is 15.2. The highest BCUT2D eigenvalue weighted by Crippen LogP contribution is 2.16. The molecule has 0 unspecified atom stereocenters. The predicted molar refractivity (Wildman–Crippen MR) is 82.4 cm³/mol. The lowest BCUT2D eigenvalue weighted by atomic mass is 10.1. The molecule has 0 atom stereocenters. The monoisotopic (exact) mass is 304 g/mol. The van der Waals surface area contributed by atoms with Gasteiger partial charge in [0.15, 0.2) is 0 Å². The molecule has 0 aliphatic heterocycles. The number of carbonyl (C=O) groups excluding carboxylic acids is 1. The molecule has 0 spiro atoms. The van der Waals surface area contributed by atoms with Crippen LogP contribution in [0.5, 0.6) is 0 Å². The summed E-state index contributed by atoms with van der Waals surface area (Å²) in [6, 6.07) is 7.74. The Hall–Kier alpha value is -2.21. The minimum absolute atomic E-state index is 0.00794. The number of thiophene rings is 1. The molecular formula is C15H16N2O3S. The quantitative estimate of drug-likeness (QED) is 0.603.